The number of likely N-dealkylation sites (N-methyl/N-ethyl adjacent to an activating group) is 2. The minimum Gasteiger partial charge on any atom is -0.315 e. The van der Waals surface area contributed by atoms with Gasteiger partial charge in [0.15, 0.2) is 0 Å². The molecule has 116 valence electrons. The summed E-state index contributed by atoms with van der Waals surface area (Å²) < 4.78 is 1.39. The molecule has 0 radical (unpaired) electrons. The van der Waals surface area contributed by atoms with E-state index in [4.69, 9.17) is 0 Å². The molecule has 1 heterocycles. The second-order valence-corrected chi connectivity index (χ2v) is 6.92. The third kappa shape index (κ3) is 3.01. The van der Waals surface area contributed by atoms with Crippen LogP contribution in [0, 0.1) is 0 Å². The highest BCUT2D eigenvalue weighted by molar-refractivity contribution is 7.17. The second kappa shape index (κ2) is 6.91. The van der Waals surface area contributed by atoms with Crippen molar-refractivity contribution in [1.29, 1.82) is 0 Å². The van der Waals surface area contributed by atoms with Crippen molar-refractivity contribution in [2.75, 3.05) is 21.1 Å². The molecule has 2 rings (SSSR count). The van der Waals surface area contributed by atoms with E-state index in [1.54, 1.807) is 0 Å². The molecule has 1 aromatic heterocycles. The van der Waals surface area contributed by atoms with E-state index >= 15 is 0 Å². The first-order chi connectivity index (χ1) is 10.1. The zero-order chi connectivity index (χ0) is 15.5. The van der Waals surface area contributed by atoms with Crippen LogP contribution in [0.15, 0.2) is 29.6 Å². The number of nitrogens with one attached hydrogen (secondary N) is 1. The highest BCUT2D eigenvalue weighted by Gasteiger charge is 2.37. The molecule has 1 unspecified atom stereocenters. The van der Waals surface area contributed by atoms with Crippen molar-refractivity contribution in [3.63, 3.8) is 0 Å². The van der Waals surface area contributed by atoms with Gasteiger partial charge in [-0.15, -0.1) is 11.3 Å². The Balaban J connectivity index is 2.34. The van der Waals surface area contributed by atoms with Gasteiger partial charge in [0.05, 0.1) is 0 Å². The molecule has 1 atom stereocenters. The number of rotatable bonds is 7. The quantitative estimate of drug-likeness (QED) is 0.826. The molecule has 0 aliphatic carbocycles. The van der Waals surface area contributed by atoms with Crippen LogP contribution in [-0.2, 0) is 6.42 Å². The van der Waals surface area contributed by atoms with Gasteiger partial charge in [0, 0.05) is 16.3 Å². The average molecular weight is 305 g/mol. The molecular formula is C18H28N2S. The van der Waals surface area contributed by atoms with Crippen LogP contribution >= 0.6 is 11.3 Å². The molecule has 1 aromatic carbocycles. The summed E-state index contributed by atoms with van der Waals surface area (Å²) in [5, 5.41) is 7.35. The normalized spacial score (nSPS) is 14.0. The lowest BCUT2D eigenvalue weighted by Crippen LogP contribution is -2.58. The van der Waals surface area contributed by atoms with Crippen molar-refractivity contribution in [3.05, 3.63) is 35.2 Å². The van der Waals surface area contributed by atoms with Gasteiger partial charge in [0.25, 0.3) is 0 Å². The summed E-state index contributed by atoms with van der Waals surface area (Å²) in [6.45, 7) is 4.61. The van der Waals surface area contributed by atoms with E-state index in [1.807, 2.05) is 11.3 Å². The molecule has 21 heavy (non-hydrogen) atoms. The van der Waals surface area contributed by atoms with Crippen molar-refractivity contribution in [1.82, 2.24) is 10.2 Å². The van der Waals surface area contributed by atoms with Crippen LogP contribution in [0.1, 0.15) is 32.3 Å². The van der Waals surface area contributed by atoms with Gasteiger partial charge in [0.2, 0.25) is 0 Å². The molecule has 2 nitrogen and oxygen atoms in total. The molecule has 0 spiro atoms. The maximum Gasteiger partial charge on any atom is 0.0354 e. The fraction of sp³-hybridized carbons (Fsp3) is 0.556. The first-order valence-electron chi connectivity index (χ1n) is 7.88. The molecule has 0 fully saturated rings. The fourth-order valence-electron chi connectivity index (χ4n) is 3.66. The van der Waals surface area contributed by atoms with Gasteiger partial charge in [-0.1, -0.05) is 32.0 Å². The Morgan fingerprint density at radius 2 is 1.86 bits per heavy atom. The number of benzene rings is 1. The Hall–Kier alpha value is -0.900. The second-order valence-electron chi connectivity index (χ2n) is 6.01. The largest absolute Gasteiger partial charge is 0.315 e. The van der Waals surface area contributed by atoms with Crippen LogP contribution in [0.2, 0.25) is 0 Å². The van der Waals surface area contributed by atoms with Gasteiger partial charge in [-0.25, -0.2) is 0 Å². The van der Waals surface area contributed by atoms with Crippen LogP contribution < -0.4 is 5.32 Å². The van der Waals surface area contributed by atoms with E-state index in [2.05, 4.69) is 74.9 Å². The SMILES string of the molecule is CCC(CC)(C(Cc1csc2ccccc12)NC)N(C)C. The molecule has 3 heteroatoms. The third-order valence-electron chi connectivity index (χ3n) is 5.10. The van der Waals surface area contributed by atoms with Crippen LogP contribution in [0.25, 0.3) is 10.1 Å². The van der Waals surface area contributed by atoms with Crippen molar-refractivity contribution in [2.45, 2.75) is 44.7 Å². The molecule has 0 amide bonds. The molecule has 0 saturated heterocycles. The summed E-state index contributed by atoms with van der Waals surface area (Å²) in [5.41, 5.74) is 1.68. The van der Waals surface area contributed by atoms with Gasteiger partial charge in [-0.3, -0.25) is 0 Å². The van der Waals surface area contributed by atoms with Crippen molar-refractivity contribution in [2.24, 2.45) is 0 Å². The Kier molecular flexibility index (Phi) is 5.42. The molecule has 0 bridgehead atoms. The van der Waals surface area contributed by atoms with Gasteiger partial charge in [-0.05, 0) is 62.8 Å². The number of fused-ring (bicyclic) bond motifs is 1. The predicted molar refractivity (Wildman–Crippen MR) is 95.4 cm³/mol. The first kappa shape index (κ1) is 16.5. The van der Waals surface area contributed by atoms with Gasteiger partial charge >= 0.3 is 0 Å². The zero-order valence-corrected chi connectivity index (χ0v) is 14.8. The van der Waals surface area contributed by atoms with E-state index in [1.165, 1.54) is 15.6 Å². The summed E-state index contributed by atoms with van der Waals surface area (Å²) >= 11 is 1.86. The molecular weight excluding hydrogens is 276 g/mol. The number of nitrogens with zero attached hydrogens (tertiary/aromatic N) is 1. The molecule has 0 aliphatic rings. The monoisotopic (exact) mass is 304 g/mol. The fourth-order valence-corrected chi connectivity index (χ4v) is 4.63. The van der Waals surface area contributed by atoms with E-state index in [0.29, 0.717) is 6.04 Å². The molecule has 2 aromatic rings. The standard InChI is InChI=1S/C18H28N2S/c1-6-18(7-2,20(4)5)17(19-3)12-14-13-21-16-11-9-8-10-15(14)16/h8-11,13,17,19H,6-7,12H2,1-5H3. The Labute approximate surface area is 133 Å². The number of hydrogen-bond donors (Lipinski definition) is 1. The Bertz CT molecular complexity index is 569. The summed E-state index contributed by atoms with van der Waals surface area (Å²) in [6, 6.07) is 9.20. The lowest BCUT2D eigenvalue weighted by Gasteiger charge is -2.45. The zero-order valence-electron chi connectivity index (χ0n) is 13.9. The summed E-state index contributed by atoms with van der Waals surface area (Å²) in [7, 11) is 6.52. The average Bonchev–Trinajstić information content (AvgIpc) is 2.90. The maximum absolute atomic E-state index is 3.59. The summed E-state index contributed by atoms with van der Waals surface area (Å²) in [5.74, 6) is 0. The van der Waals surface area contributed by atoms with Crippen molar-refractivity contribution in [3.8, 4) is 0 Å². The lowest BCUT2D eigenvalue weighted by molar-refractivity contribution is 0.0919. The highest BCUT2D eigenvalue weighted by Crippen LogP contribution is 2.32. The number of hydrogen-bond acceptors (Lipinski definition) is 3. The number of thiophene rings is 1. The minimum absolute atomic E-state index is 0.206. The van der Waals surface area contributed by atoms with Crippen molar-refractivity contribution < 1.29 is 0 Å². The van der Waals surface area contributed by atoms with E-state index in [9.17, 15) is 0 Å². The highest BCUT2D eigenvalue weighted by atomic mass is 32.1. The third-order valence-corrected chi connectivity index (χ3v) is 6.11. The van der Waals surface area contributed by atoms with Crippen LogP contribution in [-0.4, -0.2) is 37.6 Å². The van der Waals surface area contributed by atoms with Crippen LogP contribution in [0.5, 0.6) is 0 Å². The Morgan fingerprint density at radius 1 is 1.19 bits per heavy atom. The summed E-state index contributed by atoms with van der Waals surface area (Å²) in [4.78, 5) is 2.41. The van der Waals surface area contributed by atoms with Gasteiger partial charge in [-0.2, -0.15) is 0 Å². The van der Waals surface area contributed by atoms with Crippen LogP contribution in [0.3, 0.4) is 0 Å². The predicted octanol–water partition coefficient (Wildman–Crippen LogP) is 4.15. The van der Waals surface area contributed by atoms with E-state index in [-0.39, 0.29) is 5.54 Å². The van der Waals surface area contributed by atoms with Gasteiger partial charge < -0.3 is 10.2 Å². The summed E-state index contributed by atoms with van der Waals surface area (Å²) in [6.07, 6.45) is 3.40. The first-order valence-corrected chi connectivity index (χ1v) is 8.76. The minimum atomic E-state index is 0.206. The van der Waals surface area contributed by atoms with E-state index in [0.717, 1.165) is 19.3 Å². The molecule has 0 saturated carbocycles. The lowest BCUT2D eigenvalue weighted by atomic mass is 9.80. The molecule has 1 N–H and O–H groups in total. The van der Waals surface area contributed by atoms with Gasteiger partial charge in [0.1, 0.15) is 0 Å². The smallest absolute Gasteiger partial charge is 0.0354 e. The Morgan fingerprint density at radius 3 is 2.43 bits per heavy atom. The topological polar surface area (TPSA) is 15.3 Å². The van der Waals surface area contributed by atoms with Crippen LogP contribution in [0.4, 0.5) is 0 Å². The van der Waals surface area contributed by atoms with Crippen molar-refractivity contribution >= 4 is 21.4 Å². The van der Waals surface area contributed by atoms with E-state index < -0.39 is 0 Å². The maximum atomic E-state index is 3.59. The molecule has 0 aliphatic heterocycles.